The Bertz CT molecular complexity index is 956. The number of carbonyl (C=O) groups excluding carboxylic acids is 3. The van der Waals surface area contributed by atoms with Gasteiger partial charge in [-0.25, -0.2) is 4.79 Å². The van der Waals surface area contributed by atoms with Crippen LogP contribution in [-0.4, -0.2) is 37.0 Å². The monoisotopic (exact) mass is 379 g/mol. The Morgan fingerprint density at radius 2 is 2.07 bits per heavy atom. The number of anilines is 3. The average molecular weight is 379 g/mol. The first-order valence-corrected chi connectivity index (χ1v) is 9.27. The van der Waals surface area contributed by atoms with Crippen LogP contribution in [0.25, 0.3) is 0 Å². The second-order valence-corrected chi connectivity index (χ2v) is 7.01. The van der Waals surface area contributed by atoms with Gasteiger partial charge in [-0.1, -0.05) is 18.2 Å². The van der Waals surface area contributed by atoms with Gasteiger partial charge in [-0.15, -0.1) is 0 Å². The molecule has 4 rings (SSSR count). The van der Waals surface area contributed by atoms with Crippen LogP contribution in [0.15, 0.2) is 42.5 Å². The van der Waals surface area contributed by atoms with E-state index in [0.717, 1.165) is 30.6 Å². The van der Waals surface area contributed by atoms with Gasteiger partial charge in [0.25, 0.3) is 5.91 Å². The Balaban J connectivity index is 1.40. The maximum absolute atomic E-state index is 12.3. The number of nitrogens with zero attached hydrogens (tertiary/aromatic N) is 1. The number of hydrogen-bond donors (Lipinski definition) is 2. The minimum atomic E-state index is -0.611. The second-order valence-electron chi connectivity index (χ2n) is 7.01. The third-order valence-corrected chi connectivity index (χ3v) is 5.11. The van der Waals surface area contributed by atoms with Crippen molar-refractivity contribution in [3.63, 3.8) is 0 Å². The zero-order chi connectivity index (χ0) is 19.7. The number of amides is 2. The highest BCUT2D eigenvalue weighted by molar-refractivity contribution is 6.05. The number of carbonyl (C=O) groups is 3. The van der Waals surface area contributed by atoms with Crippen molar-refractivity contribution in [1.82, 2.24) is 0 Å². The van der Waals surface area contributed by atoms with Crippen molar-refractivity contribution in [2.24, 2.45) is 0 Å². The second kappa shape index (κ2) is 7.34. The Morgan fingerprint density at radius 1 is 1.25 bits per heavy atom. The number of para-hydroxylation sites is 1. The molecule has 28 heavy (non-hydrogen) atoms. The Labute approximate surface area is 162 Å². The van der Waals surface area contributed by atoms with Crippen molar-refractivity contribution in [2.45, 2.75) is 25.8 Å². The quantitative estimate of drug-likeness (QED) is 0.798. The molecule has 2 aromatic carbocycles. The molecule has 0 spiro atoms. The van der Waals surface area contributed by atoms with E-state index in [1.807, 2.05) is 31.2 Å². The van der Waals surface area contributed by atoms with Crippen LogP contribution in [0.4, 0.5) is 17.1 Å². The number of benzene rings is 2. The number of nitrogens with one attached hydrogen (secondary N) is 2. The lowest BCUT2D eigenvalue weighted by molar-refractivity contribution is -0.119. The van der Waals surface area contributed by atoms with E-state index in [1.54, 1.807) is 18.2 Å². The molecule has 2 aromatic rings. The first-order chi connectivity index (χ1) is 13.5. The molecule has 2 amide bonds. The summed E-state index contributed by atoms with van der Waals surface area (Å²) in [4.78, 5) is 38.7. The molecule has 0 aliphatic carbocycles. The van der Waals surface area contributed by atoms with Crippen LogP contribution in [0.5, 0.6) is 0 Å². The third-order valence-electron chi connectivity index (χ3n) is 5.11. The number of rotatable bonds is 4. The molecule has 1 saturated heterocycles. The van der Waals surface area contributed by atoms with Gasteiger partial charge < -0.3 is 20.3 Å². The summed E-state index contributed by atoms with van der Waals surface area (Å²) in [6.07, 6.45) is 1.81. The molecule has 0 radical (unpaired) electrons. The molecule has 0 unspecified atom stereocenters. The summed E-state index contributed by atoms with van der Waals surface area (Å²) >= 11 is 0. The van der Waals surface area contributed by atoms with Gasteiger partial charge in [0.1, 0.15) is 6.04 Å². The Kier molecular flexibility index (Phi) is 4.73. The topological polar surface area (TPSA) is 87.7 Å². The lowest BCUT2D eigenvalue weighted by Crippen LogP contribution is -2.43. The van der Waals surface area contributed by atoms with Crippen LogP contribution < -0.4 is 15.5 Å². The van der Waals surface area contributed by atoms with Crippen LogP contribution in [-0.2, 0) is 14.3 Å². The third kappa shape index (κ3) is 3.43. The highest BCUT2D eigenvalue weighted by atomic mass is 16.5. The summed E-state index contributed by atoms with van der Waals surface area (Å²) in [5.41, 5.74) is 3.41. The highest BCUT2D eigenvalue weighted by Gasteiger charge is 2.36. The average Bonchev–Trinajstić information content (AvgIpc) is 3.18. The van der Waals surface area contributed by atoms with Gasteiger partial charge in [-0.2, -0.15) is 0 Å². The maximum Gasteiger partial charge on any atom is 0.338 e. The van der Waals surface area contributed by atoms with Crippen LogP contribution >= 0.6 is 0 Å². The van der Waals surface area contributed by atoms with Gasteiger partial charge >= 0.3 is 5.97 Å². The normalized spacial score (nSPS) is 17.4. The van der Waals surface area contributed by atoms with Gasteiger partial charge in [0.2, 0.25) is 5.91 Å². The minimum absolute atomic E-state index is 0.0480. The van der Waals surface area contributed by atoms with Crippen molar-refractivity contribution in [3.05, 3.63) is 53.6 Å². The molecular formula is C21H21N3O4. The predicted octanol–water partition coefficient (Wildman–Crippen LogP) is 2.71. The molecule has 0 aromatic heterocycles. The maximum atomic E-state index is 12.3. The summed E-state index contributed by atoms with van der Waals surface area (Å²) in [5.74, 6) is -1.07. The smallest absolute Gasteiger partial charge is 0.338 e. The Hall–Kier alpha value is -3.35. The van der Waals surface area contributed by atoms with E-state index >= 15 is 0 Å². The summed E-state index contributed by atoms with van der Waals surface area (Å²) < 4.78 is 5.13. The van der Waals surface area contributed by atoms with Crippen LogP contribution in [0.3, 0.4) is 0 Å². The fraction of sp³-hybridized carbons (Fsp3) is 0.286. The first-order valence-electron chi connectivity index (χ1n) is 9.27. The summed E-state index contributed by atoms with van der Waals surface area (Å²) in [5, 5.41) is 5.58. The first kappa shape index (κ1) is 18.0. The van der Waals surface area contributed by atoms with E-state index in [9.17, 15) is 14.4 Å². The molecule has 7 nitrogen and oxygen atoms in total. The molecule has 1 fully saturated rings. The molecule has 0 bridgehead atoms. The fourth-order valence-corrected chi connectivity index (χ4v) is 3.67. The summed E-state index contributed by atoms with van der Waals surface area (Å²) in [6, 6.07) is 12.3. The van der Waals surface area contributed by atoms with E-state index in [4.69, 9.17) is 4.74 Å². The standard InChI is InChI=1S/C21H21N3O4/c1-13-5-2-3-6-15(13)22-19(25)12-28-21(27)14-8-9-17-16(11-14)23-20(26)18-7-4-10-24(17)18/h2-3,5-6,8-9,11,18H,4,7,10,12H2,1H3,(H,22,25)(H,23,26)/t18-/m1/s1. The number of hydrogen-bond acceptors (Lipinski definition) is 5. The fourth-order valence-electron chi connectivity index (χ4n) is 3.67. The lowest BCUT2D eigenvalue weighted by atomic mass is 10.1. The SMILES string of the molecule is Cc1ccccc1NC(=O)COC(=O)c1ccc2c(c1)NC(=O)[C@H]1CCCN21. The van der Waals surface area contributed by atoms with E-state index in [0.29, 0.717) is 16.9 Å². The summed E-state index contributed by atoms with van der Waals surface area (Å²) in [7, 11) is 0. The van der Waals surface area contributed by atoms with Gasteiger partial charge in [-0.05, 0) is 49.6 Å². The molecule has 2 heterocycles. The van der Waals surface area contributed by atoms with Crippen LogP contribution in [0.1, 0.15) is 28.8 Å². The molecule has 0 saturated carbocycles. The molecule has 1 atom stereocenters. The zero-order valence-corrected chi connectivity index (χ0v) is 15.5. The van der Waals surface area contributed by atoms with Crippen LogP contribution in [0, 0.1) is 6.92 Å². The molecule has 2 N–H and O–H groups in total. The molecule has 144 valence electrons. The summed E-state index contributed by atoms with van der Waals surface area (Å²) in [6.45, 7) is 2.33. The number of ether oxygens (including phenoxy) is 1. The van der Waals surface area contributed by atoms with Crippen molar-refractivity contribution >= 4 is 34.8 Å². The molecule has 2 aliphatic rings. The molecular weight excluding hydrogens is 358 g/mol. The Morgan fingerprint density at radius 3 is 2.89 bits per heavy atom. The zero-order valence-electron chi connectivity index (χ0n) is 15.5. The minimum Gasteiger partial charge on any atom is -0.452 e. The van der Waals surface area contributed by atoms with E-state index in [1.165, 1.54) is 0 Å². The molecule has 7 heteroatoms. The van der Waals surface area contributed by atoms with Gasteiger partial charge in [-0.3, -0.25) is 9.59 Å². The number of fused-ring (bicyclic) bond motifs is 3. The van der Waals surface area contributed by atoms with Crippen LogP contribution in [0.2, 0.25) is 0 Å². The van der Waals surface area contributed by atoms with E-state index in [2.05, 4.69) is 15.5 Å². The van der Waals surface area contributed by atoms with Crippen molar-refractivity contribution in [3.8, 4) is 0 Å². The van der Waals surface area contributed by atoms with Crippen molar-refractivity contribution in [1.29, 1.82) is 0 Å². The molecule has 2 aliphatic heterocycles. The predicted molar refractivity (Wildman–Crippen MR) is 106 cm³/mol. The highest BCUT2D eigenvalue weighted by Crippen LogP contribution is 2.37. The largest absolute Gasteiger partial charge is 0.452 e. The number of aryl methyl sites for hydroxylation is 1. The lowest BCUT2D eigenvalue weighted by Gasteiger charge is -2.33. The van der Waals surface area contributed by atoms with Crippen molar-refractivity contribution < 1.29 is 19.1 Å². The van der Waals surface area contributed by atoms with Gasteiger partial charge in [0, 0.05) is 12.2 Å². The number of esters is 1. The van der Waals surface area contributed by atoms with Gasteiger partial charge in [0.05, 0.1) is 16.9 Å². The van der Waals surface area contributed by atoms with Crippen molar-refractivity contribution in [2.75, 3.05) is 28.7 Å². The van der Waals surface area contributed by atoms with Gasteiger partial charge in [0.15, 0.2) is 6.61 Å². The van der Waals surface area contributed by atoms with E-state index in [-0.39, 0.29) is 18.6 Å². The van der Waals surface area contributed by atoms with E-state index < -0.39 is 11.9 Å².